The lowest BCUT2D eigenvalue weighted by Crippen LogP contribution is -2.17. The zero-order chi connectivity index (χ0) is 13.9. The van der Waals surface area contributed by atoms with Gasteiger partial charge in [-0.05, 0) is 36.8 Å². The summed E-state index contributed by atoms with van der Waals surface area (Å²) < 4.78 is 1.22. The Balaban J connectivity index is 0.00000161. The fourth-order valence-electron chi connectivity index (χ4n) is 2.33. The normalized spacial score (nSPS) is 10.4. The Labute approximate surface area is 139 Å². The van der Waals surface area contributed by atoms with Gasteiger partial charge in [0.05, 0.1) is 5.69 Å². The number of pyridine rings is 1. The molecule has 0 fully saturated rings. The Morgan fingerprint density at radius 2 is 1.95 bits per heavy atom. The largest absolute Gasteiger partial charge is 0.340 e. The second kappa shape index (κ2) is 7.12. The van der Waals surface area contributed by atoms with E-state index in [1.807, 2.05) is 24.5 Å². The van der Waals surface area contributed by atoms with Crippen LogP contribution in [0.15, 0.2) is 48.1 Å². The van der Waals surface area contributed by atoms with E-state index in [-0.39, 0.29) is 12.4 Å². The number of nitrogens with zero attached hydrogens (tertiary/aromatic N) is 2. The van der Waals surface area contributed by atoms with Crippen molar-refractivity contribution in [2.24, 2.45) is 0 Å². The summed E-state index contributed by atoms with van der Waals surface area (Å²) in [5.41, 5.74) is 2.42. The fourth-order valence-corrected chi connectivity index (χ4v) is 3.56. The standard InChI is InChI=1S/C16H15ClN2S.ClH/c1-2-9-19(13-5-7-18-8-6-13)15-11-20-16-10-12(17)3-4-14(15)16;/h3-8,10-11H,2,9H2,1H3;1H. The van der Waals surface area contributed by atoms with Crippen molar-refractivity contribution in [2.75, 3.05) is 11.4 Å². The molecule has 0 N–H and O–H groups in total. The molecule has 1 aromatic carbocycles. The molecule has 0 bridgehead atoms. The highest BCUT2D eigenvalue weighted by molar-refractivity contribution is 7.17. The van der Waals surface area contributed by atoms with Crippen molar-refractivity contribution >= 4 is 56.8 Å². The number of benzene rings is 1. The van der Waals surface area contributed by atoms with Crippen LogP contribution in [0.3, 0.4) is 0 Å². The van der Waals surface area contributed by atoms with Crippen molar-refractivity contribution in [1.82, 2.24) is 4.98 Å². The highest BCUT2D eigenvalue weighted by Crippen LogP contribution is 2.37. The summed E-state index contributed by atoms with van der Waals surface area (Å²) in [6.07, 6.45) is 4.76. The number of anilines is 2. The monoisotopic (exact) mass is 338 g/mol. The maximum Gasteiger partial charge on any atom is 0.0599 e. The third kappa shape index (κ3) is 3.31. The summed E-state index contributed by atoms with van der Waals surface area (Å²) in [4.78, 5) is 6.44. The lowest BCUT2D eigenvalue weighted by atomic mass is 10.2. The molecule has 0 aliphatic rings. The van der Waals surface area contributed by atoms with E-state index < -0.39 is 0 Å². The Morgan fingerprint density at radius 1 is 1.19 bits per heavy atom. The average molecular weight is 339 g/mol. The number of fused-ring (bicyclic) bond motifs is 1. The van der Waals surface area contributed by atoms with Crippen molar-refractivity contribution in [3.8, 4) is 0 Å². The van der Waals surface area contributed by atoms with Crippen molar-refractivity contribution in [1.29, 1.82) is 0 Å². The minimum absolute atomic E-state index is 0. The molecule has 0 amide bonds. The third-order valence-electron chi connectivity index (χ3n) is 3.23. The zero-order valence-electron chi connectivity index (χ0n) is 11.6. The summed E-state index contributed by atoms with van der Waals surface area (Å²) in [5.74, 6) is 0. The molecule has 0 saturated heterocycles. The van der Waals surface area contributed by atoms with Gasteiger partial charge in [0, 0.05) is 45.1 Å². The molecule has 0 aliphatic carbocycles. The fraction of sp³-hybridized carbons (Fsp3) is 0.188. The SMILES string of the molecule is CCCN(c1ccncc1)c1csc2cc(Cl)ccc12.Cl. The number of thiophene rings is 1. The molecule has 21 heavy (non-hydrogen) atoms. The van der Waals surface area contributed by atoms with Gasteiger partial charge in [-0.2, -0.15) is 0 Å². The molecule has 0 aliphatic heterocycles. The molecule has 0 unspecified atom stereocenters. The van der Waals surface area contributed by atoms with E-state index in [0.29, 0.717) is 0 Å². The third-order valence-corrected chi connectivity index (χ3v) is 4.40. The molecular weight excluding hydrogens is 323 g/mol. The number of rotatable bonds is 4. The van der Waals surface area contributed by atoms with Crippen molar-refractivity contribution in [3.63, 3.8) is 0 Å². The molecule has 0 radical (unpaired) electrons. The van der Waals surface area contributed by atoms with E-state index in [1.54, 1.807) is 11.3 Å². The molecule has 0 spiro atoms. The highest BCUT2D eigenvalue weighted by Gasteiger charge is 2.13. The van der Waals surface area contributed by atoms with Gasteiger partial charge in [-0.1, -0.05) is 18.5 Å². The lowest BCUT2D eigenvalue weighted by molar-refractivity contribution is 0.888. The van der Waals surface area contributed by atoms with Crippen LogP contribution >= 0.6 is 35.3 Å². The number of halogens is 2. The van der Waals surface area contributed by atoms with Crippen LogP contribution in [0.4, 0.5) is 11.4 Å². The van der Waals surface area contributed by atoms with Crippen molar-refractivity contribution in [2.45, 2.75) is 13.3 Å². The van der Waals surface area contributed by atoms with Crippen molar-refractivity contribution < 1.29 is 0 Å². The molecule has 2 heterocycles. The first-order valence-corrected chi connectivity index (χ1v) is 7.89. The minimum Gasteiger partial charge on any atom is -0.340 e. The predicted octanol–water partition coefficient (Wildman–Crippen LogP) is 5.92. The van der Waals surface area contributed by atoms with Crippen LogP contribution < -0.4 is 4.90 Å². The molecule has 0 saturated carbocycles. The van der Waals surface area contributed by atoms with E-state index in [4.69, 9.17) is 11.6 Å². The van der Waals surface area contributed by atoms with E-state index in [9.17, 15) is 0 Å². The van der Waals surface area contributed by atoms with Gasteiger partial charge < -0.3 is 4.90 Å². The first-order chi connectivity index (χ1) is 9.79. The first-order valence-electron chi connectivity index (χ1n) is 6.64. The van der Waals surface area contributed by atoms with E-state index in [0.717, 1.165) is 18.0 Å². The van der Waals surface area contributed by atoms with E-state index in [1.165, 1.54) is 21.5 Å². The van der Waals surface area contributed by atoms with Crippen LogP contribution in [0.25, 0.3) is 10.1 Å². The highest BCUT2D eigenvalue weighted by atomic mass is 35.5. The molecule has 3 rings (SSSR count). The Kier molecular flexibility index (Phi) is 5.45. The minimum atomic E-state index is 0. The number of hydrogen-bond acceptors (Lipinski definition) is 3. The molecule has 2 nitrogen and oxygen atoms in total. The molecule has 0 atom stereocenters. The van der Waals surface area contributed by atoms with E-state index >= 15 is 0 Å². The molecule has 3 aromatic rings. The van der Waals surface area contributed by atoms with Crippen LogP contribution in [-0.4, -0.2) is 11.5 Å². The van der Waals surface area contributed by atoms with Gasteiger partial charge in [0.15, 0.2) is 0 Å². The molecule has 5 heteroatoms. The molecular formula is C16H16Cl2N2S. The van der Waals surface area contributed by atoms with Crippen LogP contribution in [0.1, 0.15) is 13.3 Å². The zero-order valence-corrected chi connectivity index (χ0v) is 14.0. The second-order valence-corrected chi connectivity index (χ2v) is 5.97. The summed E-state index contributed by atoms with van der Waals surface area (Å²) in [6.45, 7) is 3.18. The van der Waals surface area contributed by atoms with Crippen molar-refractivity contribution in [3.05, 3.63) is 53.1 Å². The second-order valence-electron chi connectivity index (χ2n) is 4.62. The molecule has 2 aromatic heterocycles. The van der Waals surface area contributed by atoms with Gasteiger partial charge in [0.25, 0.3) is 0 Å². The smallest absolute Gasteiger partial charge is 0.0599 e. The molecule has 110 valence electrons. The first kappa shape index (κ1) is 16.1. The van der Waals surface area contributed by atoms with Crippen LogP contribution in [-0.2, 0) is 0 Å². The lowest BCUT2D eigenvalue weighted by Gasteiger charge is -2.23. The van der Waals surface area contributed by atoms with Crippen LogP contribution in [0, 0.1) is 0 Å². The van der Waals surface area contributed by atoms with Gasteiger partial charge in [0.1, 0.15) is 0 Å². The predicted molar refractivity (Wildman–Crippen MR) is 95.6 cm³/mol. The summed E-state index contributed by atoms with van der Waals surface area (Å²) in [7, 11) is 0. The van der Waals surface area contributed by atoms with Gasteiger partial charge in [-0.25, -0.2) is 0 Å². The maximum absolute atomic E-state index is 6.07. The Hall–Kier alpha value is -1.29. The quantitative estimate of drug-likeness (QED) is 0.586. The van der Waals surface area contributed by atoms with Gasteiger partial charge >= 0.3 is 0 Å². The van der Waals surface area contributed by atoms with Gasteiger partial charge in [-0.3, -0.25) is 4.98 Å². The number of aromatic nitrogens is 1. The maximum atomic E-state index is 6.07. The van der Waals surface area contributed by atoms with E-state index in [2.05, 4.69) is 40.4 Å². The Morgan fingerprint density at radius 3 is 2.67 bits per heavy atom. The Bertz CT molecular complexity index is 713. The topological polar surface area (TPSA) is 16.1 Å². The number of hydrogen-bond donors (Lipinski definition) is 0. The average Bonchev–Trinajstić information content (AvgIpc) is 2.88. The summed E-state index contributed by atoms with van der Waals surface area (Å²) >= 11 is 7.81. The van der Waals surface area contributed by atoms with Gasteiger partial charge in [0.2, 0.25) is 0 Å². The van der Waals surface area contributed by atoms with Gasteiger partial charge in [-0.15, -0.1) is 23.7 Å². The summed E-state index contributed by atoms with van der Waals surface area (Å²) in [6, 6.07) is 10.2. The van der Waals surface area contributed by atoms with Crippen LogP contribution in [0.5, 0.6) is 0 Å². The van der Waals surface area contributed by atoms with Crippen LogP contribution in [0.2, 0.25) is 5.02 Å². The summed E-state index contributed by atoms with van der Waals surface area (Å²) in [5, 5.41) is 4.25.